The van der Waals surface area contributed by atoms with Gasteiger partial charge in [-0.2, -0.15) is 0 Å². The fourth-order valence-electron chi connectivity index (χ4n) is 6.91. The number of piperidine rings is 1. The number of aliphatic hydroxyl groups excluding tert-OH is 1. The molecule has 0 saturated carbocycles. The molecule has 1 aliphatic rings. The highest BCUT2D eigenvalue weighted by Crippen LogP contribution is 2.34. The summed E-state index contributed by atoms with van der Waals surface area (Å²) in [4.78, 5) is 57.3. The van der Waals surface area contributed by atoms with Gasteiger partial charge in [-0.25, -0.2) is 4.79 Å². The lowest BCUT2D eigenvalue weighted by Crippen LogP contribution is -2.40. The first-order valence-electron chi connectivity index (χ1n) is 19.3. The number of fused-ring (bicyclic) bond motifs is 1. The van der Waals surface area contributed by atoms with Gasteiger partial charge in [0, 0.05) is 76.3 Å². The van der Waals surface area contributed by atoms with E-state index in [0.717, 1.165) is 34.8 Å². The zero-order valence-electron chi connectivity index (χ0n) is 32.0. The summed E-state index contributed by atoms with van der Waals surface area (Å²) >= 11 is 1.57. The number of pyridine rings is 1. The maximum absolute atomic E-state index is 12.8. The number of phenols is 1. The van der Waals surface area contributed by atoms with Crippen molar-refractivity contribution in [1.29, 1.82) is 0 Å². The minimum Gasteiger partial charge on any atom is -0.506 e. The smallest absolute Gasteiger partial charge is 0.411 e. The normalized spacial score (nSPS) is 13.9. The molecule has 0 bridgehead atoms. The van der Waals surface area contributed by atoms with Gasteiger partial charge < -0.3 is 40.4 Å². The number of hydrogen-bond acceptors (Lipinski definition) is 10. The number of aromatic amines is 1. The van der Waals surface area contributed by atoms with Crippen molar-refractivity contribution in [1.82, 2.24) is 20.1 Å². The first-order valence-corrected chi connectivity index (χ1v) is 20.2. The van der Waals surface area contributed by atoms with Crippen molar-refractivity contribution < 1.29 is 29.3 Å². The van der Waals surface area contributed by atoms with Gasteiger partial charge in [0.2, 0.25) is 17.4 Å². The largest absolute Gasteiger partial charge is 0.506 e. The third-order valence-electron chi connectivity index (χ3n) is 10.1. The summed E-state index contributed by atoms with van der Waals surface area (Å²) < 4.78 is 5.73. The molecule has 0 aliphatic carbocycles. The average Bonchev–Trinajstić information content (AvgIpc) is 3.68. The van der Waals surface area contributed by atoms with Crippen molar-refractivity contribution in [2.75, 3.05) is 50.4 Å². The van der Waals surface area contributed by atoms with E-state index in [1.807, 2.05) is 66.0 Å². The van der Waals surface area contributed by atoms with E-state index >= 15 is 0 Å². The number of thiophene rings is 1. The molecule has 57 heavy (non-hydrogen) atoms. The average molecular weight is 795 g/mol. The van der Waals surface area contributed by atoms with Gasteiger partial charge in [0.05, 0.1) is 22.2 Å². The molecular formula is C43H50N6O7S. The zero-order valence-corrected chi connectivity index (χ0v) is 32.9. The van der Waals surface area contributed by atoms with Crippen molar-refractivity contribution in [3.8, 4) is 16.2 Å². The van der Waals surface area contributed by atoms with E-state index in [9.17, 15) is 29.4 Å². The lowest BCUT2D eigenvalue weighted by Gasteiger charge is -2.31. The highest BCUT2D eigenvalue weighted by Gasteiger charge is 2.24. The summed E-state index contributed by atoms with van der Waals surface area (Å²) in [5.41, 5.74) is 4.00. The Morgan fingerprint density at radius 3 is 2.49 bits per heavy atom. The van der Waals surface area contributed by atoms with Crippen LogP contribution in [0.2, 0.25) is 0 Å². The summed E-state index contributed by atoms with van der Waals surface area (Å²) in [6.07, 6.45) is 2.09. The molecule has 2 aromatic heterocycles. The van der Waals surface area contributed by atoms with Gasteiger partial charge in [0.25, 0.3) is 0 Å². The number of aromatic nitrogens is 1. The fourth-order valence-corrected chi connectivity index (χ4v) is 7.77. The molecule has 1 fully saturated rings. The molecule has 13 nitrogen and oxygen atoms in total. The Morgan fingerprint density at radius 2 is 1.72 bits per heavy atom. The van der Waals surface area contributed by atoms with Crippen LogP contribution in [0, 0.1) is 0 Å². The van der Waals surface area contributed by atoms with E-state index in [1.165, 1.54) is 12.1 Å². The molecule has 1 unspecified atom stereocenters. The van der Waals surface area contributed by atoms with Crippen LogP contribution in [0.3, 0.4) is 0 Å². The number of carbonyl (C=O) groups excluding carboxylic acids is 3. The third kappa shape index (κ3) is 11.7. The first-order chi connectivity index (χ1) is 27.6. The maximum atomic E-state index is 12.8. The SMILES string of the molecule is CN(CCCCC(=O)Nc1ccc(CNCC(O)c2ccc(O)c3[nH]c(=O)ccc23)cc1)C(=O)CCN1CCC(OC(=O)Nc2ccsc2-c2ccccc2)CC1. The second-order valence-corrected chi connectivity index (χ2v) is 15.2. The Kier molecular flexibility index (Phi) is 14.5. The molecule has 5 aromatic rings. The van der Waals surface area contributed by atoms with E-state index in [1.54, 1.807) is 35.4 Å². The predicted molar refractivity (Wildman–Crippen MR) is 223 cm³/mol. The molecule has 1 atom stereocenters. The van der Waals surface area contributed by atoms with Gasteiger partial charge in [-0.05, 0) is 78.1 Å². The maximum Gasteiger partial charge on any atom is 0.411 e. The monoisotopic (exact) mass is 794 g/mol. The number of phenolic OH excluding ortho intramolecular Hbond substituents is 1. The Hall–Kier alpha value is -5.54. The highest BCUT2D eigenvalue weighted by molar-refractivity contribution is 7.14. The molecule has 3 amide bonds. The molecule has 6 N–H and O–H groups in total. The van der Waals surface area contributed by atoms with Gasteiger partial charge in [-0.15, -0.1) is 11.3 Å². The topological polar surface area (TPSA) is 176 Å². The van der Waals surface area contributed by atoms with E-state index < -0.39 is 12.2 Å². The van der Waals surface area contributed by atoms with Gasteiger partial charge in [0.1, 0.15) is 11.9 Å². The molecule has 300 valence electrons. The van der Waals surface area contributed by atoms with E-state index in [0.29, 0.717) is 80.3 Å². The zero-order chi connectivity index (χ0) is 40.1. The molecule has 14 heteroatoms. The summed E-state index contributed by atoms with van der Waals surface area (Å²) in [5.74, 6) is -0.0784. The number of aromatic hydroxyl groups is 1. The molecule has 0 spiro atoms. The summed E-state index contributed by atoms with van der Waals surface area (Å²) in [6.45, 7) is 3.48. The lowest BCUT2D eigenvalue weighted by molar-refractivity contribution is -0.130. The molecule has 1 aliphatic heterocycles. The van der Waals surface area contributed by atoms with Crippen LogP contribution in [0.1, 0.15) is 55.8 Å². The first kappa shape index (κ1) is 41.1. The number of hydrogen-bond donors (Lipinski definition) is 6. The van der Waals surface area contributed by atoms with Crippen LogP contribution >= 0.6 is 11.3 Å². The number of H-pyrrole nitrogens is 1. The standard InChI is InChI=1S/C43H50N6O7S/c1-48(40(54)20-25-49-23-18-32(19-24-49)56-43(55)46-35-21-26-57-42(35)30-7-3-2-4-8-30)22-6-5-9-38(52)45-31-12-10-29(11-13-31)27-44-28-37(51)33-14-16-36(50)41-34(33)15-17-39(53)47-41/h2-4,7-8,10-17,21,26,32,37,44,50-51H,5-6,9,18-20,22-25,27-28H2,1H3,(H,45,52)(H,46,55)(H,47,53). The van der Waals surface area contributed by atoms with Gasteiger partial charge in [0.15, 0.2) is 0 Å². The number of nitrogens with one attached hydrogen (secondary N) is 4. The van der Waals surface area contributed by atoms with Crippen molar-refractivity contribution in [3.63, 3.8) is 0 Å². The molecule has 3 heterocycles. The van der Waals surface area contributed by atoms with E-state index in [2.05, 4.69) is 25.8 Å². The minimum atomic E-state index is -0.861. The molecule has 1 saturated heterocycles. The van der Waals surface area contributed by atoms with Crippen LogP contribution in [0.5, 0.6) is 5.75 Å². The highest BCUT2D eigenvalue weighted by atomic mass is 32.1. The van der Waals surface area contributed by atoms with Crippen molar-refractivity contribution in [2.24, 2.45) is 0 Å². The number of benzene rings is 3. The van der Waals surface area contributed by atoms with Crippen molar-refractivity contribution >= 4 is 51.5 Å². The summed E-state index contributed by atoms with van der Waals surface area (Å²) in [5, 5.41) is 32.5. The van der Waals surface area contributed by atoms with Gasteiger partial charge in [-0.3, -0.25) is 19.7 Å². The van der Waals surface area contributed by atoms with Gasteiger partial charge in [-0.1, -0.05) is 48.5 Å². The Labute approximate surface area is 335 Å². The Bertz CT molecular complexity index is 2170. The second-order valence-electron chi connectivity index (χ2n) is 14.3. The van der Waals surface area contributed by atoms with E-state index in [-0.39, 0.29) is 35.8 Å². The second kappa shape index (κ2) is 20.1. The number of nitrogens with zero attached hydrogens (tertiary/aromatic N) is 2. The third-order valence-corrected chi connectivity index (χ3v) is 11.1. The Morgan fingerprint density at radius 1 is 0.947 bits per heavy atom. The van der Waals surface area contributed by atoms with Crippen molar-refractivity contribution in [3.05, 3.63) is 112 Å². The van der Waals surface area contributed by atoms with Crippen LogP contribution < -0.4 is 21.5 Å². The Balaban J connectivity index is 0.810. The number of aliphatic hydroxyl groups is 1. The molecular weight excluding hydrogens is 745 g/mol. The number of ether oxygens (including phenoxy) is 1. The quantitative estimate of drug-likeness (QED) is 0.0578. The number of amides is 3. The van der Waals surface area contributed by atoms with Crippen LogP contribution in [0.25, 0.3) is 21.3 Å². The molecule has 0 radical (unpaired) electrons. The van der Waals surface area contributed by atoms with Crippen LogP contribution in [-0.2, 0) is 20.9 Å². The predicted octanol–water partition coefficient (Wildman–Crippen LogP) is 6.46. The lowest BCUT2D eigenvalue weighted by atomic mass is 10.0. The minimum absolute atomic E-state index is 0.0566. The number of carbonyl (C=O) groups is 3. The van der Waals surface area contributed by atoms with Crippen LogP contribution in [0.4, 0.5) is 16.2 Å². The number of unbranched alkanes of at least 4 members (excludes halogenated alkanes) is 1. The fraction of sp³-hybridized carbons (Fsp3) is 0.349. The van der Waals surface area contributed by atoms with Gasteiger partial charge >= 0.3 is 6.09 Å². The number of likely N-dealkylation sites (tertiary alicyclic amines) is 1. The van der Waals surface area contributed by atoms with Crippen LogP contribution in [0.15, 0.2) is 95.1 Å². The summed E-state index contributed by atoms with van der Waals surface area (Å²) in [7, 11) is 1.80. The van der Waals surface area contributed by atoms with E-state index in [4.69, 9.17) is 4.74 Å². The molecule has 3 aromatic carbocycles. The number of anilines is 2. The van der Waals surface area contributed by atoms with Crippen LogP contribution in [-0.4, -0.2) is 88.8 Å². The van der Waals surface area contributed by atoms with Crippen molar-refractivity contribution in [2.45, 2.75) is 57.3 Å². The number of rotatable bonds is 17. The summed E-state index contributed by atoms with van der Waals surface area (Å²) in [6, 6.07) is 25.3. The molecule has 6 rings (SSSR count).